The molecule has 9 rings (SSSR count). The molecule has 1 spiro atoms. The third kappa shape index (κ3) is 5.05. The quantitative estimate of drug-likeness (QED) is 0.186. The predicted molar refractivity (Wildman–Crippen MR) is 203 cm³/mol. The lowest BCUT2D eigenvalue weighted by atomic mass is 9.67. The summed E-state index contributed by atoms with van der Waals surface area (Å²) in [6.07, 6.45) is 0.715. The van der Waals surface area contributed by atoms with E-state index in [9.17, 15) is 0 Å². The monoisotopic (exact) mass is 626 g/mol. The second kappa shape index (κ2) is 12.2. The van der Waals surface area contributed by atoms with E-state index in [1.54, 1.807) is 0 Å². The number of benzene rings is 7. The summed E-state index contributed by atoms with van der Waals surface area (Å²) >= 11 is 0. The van der Waals surface area contributed by atoms with Gasteiger partial charge in [0.25, 0.3) is 0 Å². The smallest absolute Gasteiger partial charge is 0.155 e. The lowest BCUT2D eigenvalue weighted by Crippen LogP contribution is -2.31. The van der Waals surface area contributed by atoms with E-state index < -0.39 is 5.41 Å². The van der Waals surface area contributed by atoms with Crippen LogP contribution in [0.25, 0.3) is 33.4 Å². The van der Waals surface area contributed by atoms with E-state index in [0.29, 0.717) is 13.0 Å². The zero-order valence-corrected chi connectivity index (χ0v) is 27.1. The van der Waals surface area contributed by atoms with Gasteiger partial charge in [0.05, 0.1) is 17.7 Å². The molecule has 0 fully saturated rings. The average Bonchev–Trinajstić information content (AvgIpc) is 3.50. The Kier molecular flexibility index (Phi) is 7.21. The molecule has 0 N–H and O–H groups in total. The molecule has 2 aliphatic rings. The number of hydrogen-bond donors (Lipinski definition) is 0. The Morgan fingerprint density at radius 3 is 1.37 bits per heavy atom. The fourth-order valence-corrected chi connectivity index (χ4v) is 7.84. The molecule has 0 aromatic heterocycles. The third-order valence-electron chi connectivity index (χ3n) is 10.2. The number of hydrogen-bond acceptors (Lipinski definition) is 2. The normalized spacial score (nSPS) is 16.5. The Labute approximate surface area is 287 Å². The predicted octanol–water partition coefficient (Wildman–Crippen LogP) is 11.2. The zero-order valence-electron chi connectivity index (χ0n) is 27.1. The first-order valence-corrected chi connectivity index (χ1v) is 17.0. The molecule has 232 valence electrons. The van der Waals surface area contributed by atoms with Gasteiger partial charge in [-0.3, -0.25) is 4.99 Å². The second-order valence-corrected chi connectivity index (χ2v) is 12.9. The van der Waals surface area contributed by atoms with Crippen molar-refractivity contribution in [1.29, 1.82) is 0 Å². The van der Waals surface area contributed by atoms with Gasteiger partial charge in [-0.2, -0.15) is 0 Å². The van der Waals surface area contributed by atoms with Crippen LogP contribution in [0, 0.1) is 0 Å². The summed E-state index contributed by atoms with van der Waals surface area (Å²) in [5, 5.41) is 0. The van der Waals surface area contributed by atoms with Crippen molar-refractivity contribution in [2.24, 2.45) is 9.98 Å². The molecule has 7 aromatic carbocycles. The standard InChI is InChI=1S/C47H34N2/c1-3-13-33(14-4-1)34-23-25-35(26-24-34)36-27-29-38(30-28-36)46-48-32-39-17-7-10-20-42(39)47(31-45(49-46)37-15-5-2-6-16-37)43-21-11-8-18-40(43)41-19-9-12-22-44(41)47/h1-30H,31-32H2/b48-46-,49-45+. The molecule has 1 aliphatic carbocycles. The van der Waals surface area contributed by atoms with Gasteiger partial charge in [0, 0.05) is 12.0 Å². The summed E-state index contributed by atoms with van der Waals surface area (Å²) < 4.78 is 0. The summed E-state index contributed by atoms with van der Waals surface area (Å²) in [5.41, 5.74) is 15.3. The van der Waals surface area contributed by atoms with Gasteiger partial charge < -0.3 is 0 Å². The van der Waals surface area contributed by atoms with Crippen LogP contribution in [0.1, 0.15) is 39.8 Å². The van der Waals surface area contributed by atoms with Gasteiger partial charge in [0.2, 0.25) is 0 Å². The lowest BCUT2D eigenvalue weighted by molar-refractivity contribution is 0.656. The number of aliphatic imine (C=N–C) groups is 2. The van der Waals surface area contributed by atoms with E-state index in [4.69, 9.17) is 9.98 Å². The van der Waals surface area contributed by atoms with Crippen LogP contribution >= 0.6 is 0 Å². The molecule has 0 amide bonds. The molecular formula is C47H34N2. The van der Waals surface area contributed by atoms with Gasteiger partial charge in [-0.1, -0.05) is 182 Å². The van der Waals surface area contributed by atoms with Crippen LogP contribution < -0.4 is 0 Å². The van der Waals surface area contributed by atoms with Crippen LogP contribution in [0.2, 0.25) is 0 Å². The molecule has 1 aliphatic heterocycles. The van der Waals surface area contributed by atoms with E-state index in [1.165, 1.54) is 55.6 Å². The first-order chi connectivity index (χ1) is 24.3. The Hall–Kier alpha value is -6.12. The molecule has 0 saturated heterocycles. The first-order valence-electron chi connectivity index (χ1n) is 17.0. The highest BCUT2D eigenvalue weighted by molar-refractivity contribution is 6.13. The minimum Gasteiger partial charge on any atom is -0.261 e. The fraction of sp³-hybridized carbons (Fsp3) is 0.0638. The van der Waals surface area contributed by atoms with E-state index >= 15 is 0 Å². The van der Waals surface area contributed by atoms with E-state index in [2.05, 4.69) is 182 Å². The number of fused-ring (bicyclic) bond motifs is 7. The molecule has 2 nitrogen and oxygen atoms in total. The average molecular weight is 627 g/mol. The van der Waals surface area contributed by atoms with Gasteiger partial charge in [0.15, 0.2) is 5.84 Å². The van der Waals surface area contributed by atoms with Crippen molar-refractivity contribution >= 4 is 11.5 Å². The molecule has 7 aromatic rings. The van der Waals surface area contributed by atoms with Crippen LogP contribution in [0.5, 0.6) is 0 Å². The van der Waals surface area contributed by atoms with Crippen LogP contribution in [0.15, 0.2) is 192 Å². The molecule has 2 heteroatoms. The maximum atomic E-state index is 5.50. The molecular weight excluding hydrogens is 593 g/mol. The molecule has 0 unspecified atom stereocenters. The number of rotatable bonds is 4. The maximum Gasteiger partial charge on any atom is 0.155 e. The van der Waals surface area contributed by atoms with Gasteiger partial charge >= 0.3 is 0 Å². The summed E-state index contributed by atoms with van der Waals surface area (Å²) in [6.45, 7) is 0.547. The number of amidine groups is 1. The summed E-state index contributed by atoms with van der Waals surface area (Å²) in [6, 6.07) is 65.4. The van der Waals surface area contributed by atoms with Crippen molar-refractivity contribution in [2.75, 3.05) is 0 Å². The van der Waals surface area contributed by atoms with E-state index in [-0.39, 0.29) is 0 Å². The fourth-order valence-electron chi connectivity index (χ4n) is 7.84. The van der Waals surface area contributed by atoms with Crippen LogP contribution in [-0.4, -0.2) is 11.5 Å². The van der Waals surface area contributed by atoms with Crippen LogP contribution in [0.4, 0.5) is 0 Å². The Bertz CT molecular complexity index is 2300. The minimum absolute atomic E-state index is 0.404. The largest absolute Gasteiger partial charge is 0.261 e. The highest BCUT2D eigenvalue weighted by Gasteiger charge is 2.46. The topological polar surface area (TPSA) is 24.7 Å². The molecule has 0 atom stereocenters. The Morgan fingerprint density at radius 1 is 0.367 bits per heavy atom. The summed E-state index contributed by atoms with van der Waals surface area (Å²) in [7, 11) is 0. The Morgan fingerprint density at radius 2 is 0.796 bits per heavy atom. The van der Waals surface area contributed by atoms with Crippen molar-refractivity contribution in [3.8, 4) is 33.4 Å². The summed E-state index contributed by atoms with van der Waals surface area (Å²) in [5.74, 6) is 0.760. The van der Waals surface area contributed by atoms with Gasteiger partial charge in [-0.25, -0.2) is 4.99 Å². The molecule has 0 bridgehead atoms. The molecule has 49 heavy (non-hydrogen) atoms. The third-order valence-corrected chi connectivity index (χ3v) is 10.2. The highest BCUT2D eigenvalue weighted by atomic mass is 14.9. The highest BCUT2D eigenvalue weighted by Crippen LogP contribution is 2.55. The van der Waals surface area contributed by atoms with E-state index in [0.717, 1.165) is 22.7 Å². The van der Waals surface area contributed by atoms with Crippen LogP contribution in [-0.2, 0) is 12.0 Å². The second-order valence-electron chi connectivity index (χ2n) is 12.9. The van der Waals surface area contributed by atoms with Crippen molar-refractivity contribution < 1.29 is 0 Å². The maximum absolute atomic E-state index is 5.50. The SMILES string of the molecule is c1ccc(/C2=N/C(c3ccc(-c4ccc(-c5ccccc5)cc4)cc3)=N\Cc3ccccc3C3(C2)c2ccccc2-c2ccccc23)cc1. The van der Waals surface area contributed by atoms with Crippen LogP contribution in [0.3, 0.4) is 0 Å². The zero-order chi connectivity index (χ0) is 32.6. The number of nitrogens with zero attached hydrogens (tertiary/aromatic N) is 2. The molecule has 0 saturated carbocycles. The minimum atomic E-state index is -0.404. The summed E-state index contributed by atoms with van der Waals surface area (Å²) in [4.78, 5) is 10.8. The van der Waals surface area contributed by atoms with E-state index in [1.807, 2.05) is 0 Å². The van der Waals surface area contributed by atoms with Crippen molar-refractivity contribution in [1.82, 2.24) is 0 Å². The van der Waals surface area contributed by atoms with Gasteiger partial charge in [0.1, 0.15) is 0 Å². The van der Waals surface area contributed by atoms with Crippen molar-refractivity contribution in [3.05, 3.63) is 215 Å². The Balaban J connectivity index is 1.17. The lowest BCUT2D eigenvalue weighted by Gasteiger charge is -2.35. The van der Waals surface area contributed by atoms with Gasteiger partial charge in [-0.15, -0.1) is 0 Å². The molecule has 1 heterocycles. The molecule has 0 radical (unpaired) electrons. The van der Waals surface area contributed by atoms with Gasteiger partial charge in [-0.05, 0) is 61.2 Å². The van der Waals surface area contributed by atoms with Crippen molar-refractivity contribution in [3.63, 3.8) is 0 Å². The first kappa shape index (κ1) is 29.1. The van der Waals surface area contributed by atoms with Crippen molar-refractivity contribution in [2.45, 2.75) is 18.4 Å².